The maximum absolute atomic E-state index is 10.0. The third-order valence-electron chi connectivity index (χ3n) is 7.15. The van der Waals surface area contributed by atoms with Gasteiger partial charge in [-0.05, 0) is 45.7 Å². The molecule has 0 atom stereocenters. The summed E-state index contributed by atoms with van der Waals surface area (Å²) in [6, 6.07) is 32.2. The van der Waals surface area contributed by atoms with Crippen molar-refractivity contribution in [2.45, 2.75) is 53.5 Å². The summed E-state index contributed by atoms with van der Waals surface area (Å²) < 4.78 is 2.46. The van der Waals surface area contributed by atoms with E-state index in [1.807, 2.05) is 0 Å². The van der Waals surface area contributed by atoms with Gasteiger partial charge in [0.1, 0.15) is 0 Å². The summed E-state index contributed by atoms with van der Waals surface area (Å²) in [6.07, 6.45) is 1.17. The Hall–Kier alpha value is -3.79. The van der Waals surface area contributed by atoms with Crippen molar-refractivity contribution in [1.29, 1.82) is 0 Å². The molecule has 1 radical (unpaired) electrons. The van der Waals surface area contributed by atoms with Crippen LogP contribution in [0.3, 0.4) is 0 Å². The van der Waals surface area contributed by atoms with Gasteiger partial charge in [-0.1, -0.05) is 79.4 Å². The molecule has 0 bridgehead atoms. The molecule has 0 aliphatic carbocycles. The molecule has 5 heteroatoms. The minimum atomic E-state index is -0.125. The molecule has 41 heavy (non-hydrogen) atoms. The number of hydrogen-bond donors (Lipinski definition) is 1. The fourth-order valence-electron chi connectivity index (χ4n) is 5.61. The molecule has 0 amide bonds. The van der Waals surface area contributed by atoms with Gasteiger partial charge in [0.2, 0.25) is 0 Å². The quantitative estimate of drug-likeness (QED) is 0.112. The summed E-state index contributed by atoms with van der Waals surface area (Å²) in [5.41, 5.74) is 6.91. The van der Waals surface area contributed by atoms with Gasteiger partial charge in [0.05, 0.1) is 11.3 Å². The summed E-state index contributed by atoms with van der Waals surface area (Å²) in [6.45, 7) is 11.9. The van der Waals surface area contributed by atoms with Crippen LogP contribution in [0.1, 0.15) is 59.1 Å². The van der Waals surface area contributed by atoms with Crippen LogP contribution in [0.4, 0.5) is 0 Å². The van der Waals surface area contributed by atoms with Crippen molar-refractivity contribution in [2.75, 3.05) is 0 Å². The molecule has 1 N–H and O–H groups in total. The number of carbonyl (C=O) groups is 1. The monoisotopic (exact) mass is 720 g/mol. The molecule has 0 spiro atoms. The Morgan fingerprint density at radius 2 is 1.49 bits per heavy atom. The van der Waals surface area contributed by atoms with Crippen LogP contribution in [0.5, 0.6) is 0 Å². The molecule has 0 fully saturated rings. The van der Waals surface area contributed by atoms with Crippen molar-refractivity contribution in [3.05, 3.63) is 102 Å². The first kappa shape index (κ1) is 30.2. The van der Waals surface area contributed by atoms with Crippen LogP contribution in [-0.4, -0.2) is 20.4 Å². The molecule has 2 heterocycles. The van der Waals surface area contributed by atoms with E-state index in [2.05, 4.69) is 117 Å². The molecule has 2 aromatic heterocycles. The first-order valence-electron chi connectivity index (χ1n) is 13.8. The normalized spacial score (nSPS) is 11.8. The average Bonchev–Trinajstić information content (AvgIpc) is 3.27. The Kier molecular flexibility index (Phi) is 9.11. The van der Waals surface area contributed by atoms with Gasteiger partial charge >= 0.3 is 0 Å². The Morgan fingerprint density at radius 3 is 2.10 bits per heavy atom. The van der Waals surface area contributed by atoms with E-state index in [9.17, 15) is 4.79 Å². The first-order valence-corrected chi connectivity index (χ1v) is 13.8. The molecule has 0 aliphatic rings. The molecule has 6 rings (SSSR count). The van der Waals surface area contributed by atoms with Crippen LogP contribution < -0.4 is 0 Å². The number of hydrogen-bond acceptors (Lipinski definition) is 3. The number of allylic oxidation sites excluding steroid dienone is 2. The van der Waals surface area contributed by atoms with Crippen molar-refractivity contribution in [3.63, 3.8) is 0 Å². The average molecular weight is 720 g/mol. The van der Waals surface area contributed by atoms with Gasteiger partial charge in [0, 0.05) is 65.1 Å². The van der Waals surface area contributed by atoms with Crippen LogP contribution in [0.25, 0.3) is 54.7 Å². The van der Waals surface area contributed by atoms with Gasteiger partial charge in [-0.2, -0.15) is 0 Å². The van der Waals surface area contributed by atoms with Gasteiger partial charge in [0.15, 0.2) is 5.78 Å². The van der Waals surface area contributed by atoms with E-state index in [0.29, 0.717) is 12.0 Å². The number of fused-ring (bicyclic) bond motifs is 6. The number of pyridine rings is 1. The fourth-order valence-corrected chi connectivity index (χ4v) is 5.61. The van der Waals surface area contributed by atoms with Gasteiger partial charge in [0.25, 0.3) is 0 Å². The van der Waals surface area contributed by atoms with E-state index in [4.69, 9.17) is 10.1 Å². The second-order valence-electron chi connectivity index (χ2n) is 10.9. The molecule has 4 aromatic carbocycles. The Balaban J connectivity index is 0.000000434. The summed E-state index contributed by atoms with van der Waals surface area (Å²) in [4.78, 5) is 15.3. The predicted octanol–water partition coefficient (Wildman–Crippen LogP) is 9.70. The van der Waals surface area contributed by atoms with E-state index in [0.717, 1.165) is 22.2 Å². The zero-order valence-corrected chi connectivity index (χ0v) is 26.7. The number of rotatable bonds is 4. The number of carbonyl (C=O) groups excluding carboxylic acids is 1. The van der Waals surface area contributed by atoms with Gasteiger partial charge in [-0.3, -0.25) is 9.78 Å². The van der Waals surface area contributed by atoms with Gasteiger partial charge in [-0.15, -0.1) is 29.1 Å². The van der Waals surface area contributed by atoms with Gasteiger partial charge < -0.3 is 9.67 Å². The SMILES string of the molecule is CC(=O)/C=C(/C)O.CC(C)c1cc(-c2nc3ccccc3c3c4ccccc4n(C(C)C)c23)[c-]c2ccccc12.[Ir]. The second kappa shape index (κ2) is 12.4. The van der Waals surface area contributed by atoms with Gasteiger partial charge in [-0.25, -0.2) is 0 Å². The largest absolute Gasteiger partial charge is 0.512 e. The molecular weight excluding hydrogens is 685 g/mol. The fraction of sp³-hybridized carbons (Fsp3) is 0.222. The van der Waals surface area contributed by atoms with Crippen LogP contribution in [0.2, 0.25) is 0 Å². The summed E-state index contributed by atoms with van der Waals surface area (Å²) >= 11 is 0. The summed E-state index contributed by atoms with van der Waals surface area (Å²) in [7, 11) is 0. The number of benzene rings is 4. The first-order chi connectivity index (χ1) is 19.2. The third kappa shape index (κ3) is 5.84. The number of aliphatic hydroxyl groups excluding tert-OH is 1. The topological polar surface area (TPSA) is 55.1 Å². The van der Waals surface area contributed by atoms with Crippen molar-refractivity contribution in [3.8, 4) is 11.3 Å². The van der Waals surface area contributed by atoms with Crippen molar-refractivity contribution < 1.29 is 30.0 Å². The summed E-state index contributed by atoms with van der Waals surface area (Å²) in [5.74, 6) is 0.350. The third-order valence-corrected chi connectivity index (χ3v) is 7.15. The van der Waals surface area contributed by atoms with E-state index in [-0.39, 0.29) is 31.6 Å². The molecule has 0 saturated carbocycles. The van der Waals surface area contributed by atoms with Crippen LogP contribution in [0.15, 0.2) is 90.7 Å². The Morgan fingerprint density at radius 1 is 0.878 bits per heavy atom. The molecular formula is C36H35IrN2O2-. The molecule has 0 unspecified atom stereocenters. The Labute approximate surface area is 255 Å². The van der Waals surface area contributed by atoms with Crippen LogP contribution >= 0.6 is 0 Å². The molecule has 0 saturated heterocycles. The Bertz CT molecular complexity index is 1910. The van der Waals surface area contributed by atoms with E-state index < -0.39 is 0 Å². The maximum Gasteiger partial charge on any atom is 0.155 e. The minimum absolute atomic E-state index is 0. The maximum atomic E-state index is 10.0. The number of aliphatic hydroxyl groups is 1. The van der Waals surface area contributed by atoms with Crippen LogP contribution in [0, 0.1) is 6.07 Å². The molecule has 0 aliphatic heterocycles. The van der Waals surface area contributed by atoms with Crippen molar-refractivity contribution in [2.24, 2.45) is 0 Å². The van der Waals surface area contributed by atoms with Crippen molar-refractivity contribution >= 4 is 49.3 Å². The number of aromatic nitrogens is 2. The summed E-state index contributed by atoms with van der Waals surface area (Å²) in [5, 5.41) is 14.6. The zero-order chi connectivity index (χ0) is 28.6. The van der Waals surface area contributed by atoms with E-state index in [1.165, 1.54) is 58.1 Å². The minimum Gasteiger partial charge on any atom is -0.512 e. The van der Waals surface area contributed by atoms with Crippen LogP contribution in [-0.2, 0) is 24.9 Å². The van der Waals surface area contributed by atoms with E-state index in [1.54, 1.807) is 0 Å². The zero-order valence-electron chi connectivity index (χ0n) is 24.3. The smallest absolute Gasteiger partial charge is 0.155 e. The molecule has 6 aromatic rings. The number of para-hydroxylation sites is 2. The molecule has 211 valence electrons. The van der Waals surface area contributed by atoms with E-state index >= 15 is 0 Å². The predicted molar refractivity (Wildman–Crippen MR) is 168 cm³/mol. The number of nitrogens with zero attached hydrogens (tertiary/aromatic N) is 2. The van der Waals surface area contributed by atoms with Crippen molar-refractivity contribution in [1.82, 2.24) is 9.55 Å². The second-order valence-corrected chi connectivity index (χ2v) is 10.9. The number of ketones is 1. The molecule has 4 nitrogen and oxygen atoms in total. The standard InChI is InChI=1S/C31H27N2.C5H8O2.Ir/c1-19(2)26-18-22(17-21-11-5-6-12-23(21)26)30-31-29(24-13-7-9-15-27(24)32-30)25-14-8-10-16-28(25)33(31)20(3)4;1-4(6)3-5(2)7;/h5-16,18-20H,1-4H3;3,6H,1-2H3;/q-1;;/b;4-3-;.